The fourth-order valence-electron chi connectivity index (χ4n) is 3.32. The summed E-state index contributed by atoms with van der Waals surface area (Å²) in [5, 5.41) is 9.12. The summed E-state index contributed by atoms with van der Waals surface area (Å²) in [5.74, 6) is -0.966. The molecule has 0 bridgehead atoms. The smallest absolute Gasteiger partial charge is 0.320 e. The molecule has 0 aliphatic carbocycles. The van der Waals surface area contributed by atoms with Crippen molar-refractivity contribution < 1.29 is 9.90 Å². The summed E-state index contributed by atoms with van der Waals surface area (Å²) in [6.07, 6.45) is 0.335. The molecule has 0 amide bonds. The minimum atomic E-state index is -0.966. The highest BCUT2D eigenvalue weighted by Gasteiger charge is 2.21. The van der Waals surface area contributed by atoms with Crippen molar-refractivity contribution in [3.05, 3.63) is 64.1 Å². The van der Waals surface area contributed by atoms with Crippen LogP contribution in [-0.4, -0.2) is 48.2 Å². The molecule has 1 saturated heterocycles. The van der Waals surface area contributed by atoms with Crippen LogP contribution in [0.2, 0.25) is 0 Å². The number of nitrogens with zero attached hydrogens (tertiary/aromatic N) is 2. The molecule has 0 radical (unpaired) electrons. The largest absolute Gasteiger partial charge is 0.480 e. The second-order valence-electron chi connectivity index (χ2n) is 6.67. The van der Waals surface area contributed by atoms with Crippen molar-refractivity contribution in [3.63, 3.8) is 0 Å². The van der Waals surface area contributed by atoms with Gasteiger partial charge in [-0.2, -0.15) is 0 Å². The SMILES string of the molecule is NC(Cc1ccc(Br)cc1N1CCN(Cc2ccccc2)CC1)C(=O)O. The number of anilines is 1. The highest BCUT2D eigenvalue weighted by molar-refractivity contribution is 9.10. The van der Waals surface area contributed by atoms with Gasteiger partial charge in [-0.15, -0.1) is 0 Å². The van der Waals surface area contributed by atoms with Gasteiger partial charge in [-0.1, -0.05) is 52.3 Å². The lowest BCUT2D eigenvalue weighted by Gasteiger charge is -2.37. The van der Waals surface area contributed by atoms with E-state index < -0.39 is 12.0 Å². The van der Waals surface area contributed by atoms with Crippen LogP contribution in [0.25, 0.3) is 0 Å². The number of rotatable bonds is 6. The summed E-state index contributed by atoms with van der Waals surface area (Å²) in [6.45, 7) is 4.75. The standard InChI is InChI=1S/C20H24BrN3O2/c21-17-7-6-16(12-18(22)20(25)26)19(13-17)24-10-8-23(9-11-24)14-15-4-2-1-3-5-15/h1-7,13,18H,8-12,14,22H2,(H,25,26). The summed E-state index contributed by atoms with van der Waals surface area (Å²) in [4.78, 5) is 15.9. The zero-order valence-electron chi connectivity index (χ0n) is 14.6. The Morgan fingerprint density at radius 2 is 1.81 bits per heavy atom. The number of nitrogens with two attached hydrogens (primary N) is 1. The number of hydrogen-bond acceptors (Lipinski definition) is 4. The number of carboxylic acids is 1. The molecule has 0 saturated carbocycles. The molecule has 1 aliphatic rings. The van der Waals surface area contributed by atoms with E-state index in [1.165, 1.54) is 5.56 Å². The molecule has 0 spiro atoms. The van der Waals surface area contributed by atoms with Crippen LogP contribution in [0.3, 0.4) is 0 Å². The third kappa shape index (κ3) is 4.84. The summed E-state index contributed by atoms with van der Waals surface area (Å²) in [5.41, 5.74) is 9.15. The van der Waals surface area contributed by atoms with Crippen LogP contribution in [-0.2, 0) is 17.8 Å². The zero-order valence-corrected chi connectivity index (χ0v) is 16.2. The van der Waals surface area contributed by atoms with E-state index in [0.29, 0.717) is 6.42 Å². The molecule has 6 heteroatoms. The van der Waals surface area contributed by atoms with Crippen molar-refractivity contribution in [2.75, 3.05) is 31.1 Å². The van der Waals surface area contributed by atoms with Gasteiger partial charge in [-0.3, -0.25) is 9.69 Å². The Morgan fingerprint density at radius 1 is 1.12 bits per heavy atom. The Kier molecular flexibility index (Phi) is 6.29. The third-order valence-electron chi connectivity index (χ3n) is 4.77. The van der Waals surface area contributed by atoms with E-state index in [1.807, 2.05) is 18.2 Å². The third-order valence-corrected chi connectivity index (χ3v) is 5.26. The topological polar surface area (TPSA) is 69.8 Å². The van der Waals surface area contributed by atoms with Crippen LogP contribution >= 0.6 is 15.9 Å². The molecule has 5 nitrogen and oxygen atoms in total. The van der Waals surface area contributed by atoms with Gasteiger partial charge in [0, 0.05) is 49.3 Å². The fourth-order valence-corrected chi connectivity index (χ4v) is 3.67. The van der Waals surface area contributed by atoms with E-state index in [4.69, 9.17) is 10.8 Å². The van der Waals surface area contributed by atoms with E-state index >= 15 is 0 Å². The fraction of sp³-hybridized carbons (Fsp3) is 0.350. The van der Waals surface area contributed by atoms with Crippen molar-refractivity contribution >= 4 is 27.6 Å². The molecule has 0 aromatic heterocycles. The quantitative estimate of drug-likeness (QED) is 0.755. The average molecular weight is 418 g/mol. The molecule has 26 heavy (non-hydrogen) atoms. The normalized spacial score (nSPS) is 16.5. The maximum atomic E-state index is 11.1. The first-order chi connectivity index (χ1) is 12.5. The van der Waals surface area contributed by atoms with Crippen LogP contribution in [0.5, 0.6) is 0 Å². The predicted octanol–water partition coefficient (Wildman–Crippen LogP) is 2.73. The Morgan fingerprint density at radius 3 is 2.46 bits per heavy atom. The number of aliphatic carboxylic acids is 1. The predicted molar refractivity (Wildman–Crippen MR) is 107 cm³/mol. The minimum Gasteiger partial charge on any atom is -0.480 e. The lowest BCUT2D eigenvalue weighted by molar-refractivity contribution is -0.138. The molecule has 1 heterocycles. The first-order valence-electron chi connectivity index (χ1n) is 8.81. The maximum Gasteiger partial charge on any atom is 0.320 e. The monoisotopic (exact) mass is 417 g/mol. The number of hydrogen-bond donors (Lipinski definition) is 2. The number of benzene rings is 2. The Bertz CT molecular complexity index is 746. The summed E-state index contributed by atoms with van der Waals surface area (Å²) in [7, 11) is 0. The van der Waals surface area contributed by atoms with Crippen molar-refractivity contribution in [1.29, 1.82) is 0 Å². The van der Waals surface area contributed by atoms with Crippen molar-refractivity contribution in [2.45, 2.75) is 19.0 Å². The molecular weight excluding hydrogens is 394 g/mol. The molecule has 2 aromatic carbocycles. The van der Waals surface area contributed by atoms with E-state index in [1.54, 1.807) is 0 Å². The van der Waals surface area contributed by atoms with E-state index in [0.717, 1.165) is 48.4 Å². The number of carbonyl (C=O) groups is 1. The number of halogens is 1. The zero-order chi connectivity index (χ0) is 18.5. The first-order valence-corrected chi connectivity index (χ1v) is 9.60. The van der Waals surface area contributed by atoms with Gasteiger partial charge in [0.05, 0.1) is 0 Å². The molecule has 1 unspecified atom stereocenters. The number of carboxylic acid groups (broad SMARTS) is 1. The summed E-state index contributed by atoms with van der Waals surface area (Å²) < 4.78 is 0.992. The average Bonchev–Trinajstić information content (AvgIpc) is 2.64. The van der Waals surface area contributed by atoms with E-state index in [-0.39, 0.29) is 0 Å². The lowest BCUT2D eigenvalue weighted by Crippen LogP contribution is -2.46. The summed E-state index contributed by atoms with van der Waals surface area (Å²) >= 11 is 3.53. The van der Waals surface area contributed by atoms with Crippen LogP contribution in [0, 0.1) is 0 Å². The van der Waals surface area contributed by atoms with Crippen LogP contribution in [0.4, 0.5) is 5.69 Å². The van der Waals surface area contributed by atoms with E-state index in [2.05, 4.69) is 56.1 Å². The highest BCUT2D eigenvalue weighted by Crippen LogP contribution is 2.27. The van der Waals surface area contributed by atoms with E-state index in [9.17, 15) is 4.79 Å². The Labute approximate surface area is 162 Å². The molecule has 2 aromatic rings. The van der Waals surface area contributed by atoms with Crippen molar-refractivity contribution in [1.82, 2.24) is 4.90 Å². The van der Waals surface area contributed by atoms with Crippen LogP contribution in [0.1, 0.15) is 11.1 Å². The maximum absolute atomic E-state index is 11.1. The van der Waals surface area contributed by atoms with Crippen molar-refractivity contribution in [3.8, 4) is 0 Å². The highest BCUT2D eigenvalue weighted by atomic mass is 79.9. The lowest BCUT2D eigenvalue weighted by atomic mass is 10.0. The summed E-state index contributed by atoms with van der Waals surface area (Å²) in [6, 6.07) is 15.6. The molecule has 138 valence electrons. The Balaban J connectivity index is 1.66. The Hall–Kier alpha value is -1.89. The first kappa shape index (κ1) is 18.9. The van der Waals surface area contributed by atoms with Gasteiger partial charge in [-0.25, -0.2) is 0 Å². The van der Waals surface area contributed by atoms with Gasteiger partial charge >= 0.3 is 5.97 Å². The van der Waals surface area contributed by atoms with Crippen LogP contribution < -0.4 is 10.6 Å². The molecule has 3 rings (SSSR count). The van der Waals surface area contributed by atoms with Gasteiger partial charge in [0.1, 0.15) is 6.04 Å². The van der Waals surface area contributed by atoms with Gasteiger partial charge in [-0.05, 0) is 23.3 Å². The number of piperazine rings is 1. The van der Waals surface area contributed by atoms with Crippen LogP contribution in [0.15, 0.2) is 53.0 Å². The molecule has 1 fully saturated rings. The minimum absolute atomic E-state index is 0.335. The van der Waals surface area contributed by atoms with Gasteiger partial charge < -0.3 is 15.7 Å². The van der Waals surface area contributed by atoms with Gasteiger partial charge in [0.25, 0.3) is 0 Å². The molecular formula is C20H24BrN3O2. The molecule has 1 aliphatic heterocycles. The molecule has 3 N–H and O–H groups in total. The second kappa shape index (κ2) is 8.66. The second-order valence-corrected chi connectivity index (χ2v) is 7.59. The van der Waals surface area contributed by atoms with Crippen molar-refractivity contribution in [2.24, 2.45) is 5.73 Å². The van der Waals surface area contributed by atoms with Gasteiger partial charge in [0.15, 0.2) is 0 Å². The molecule has 1 atom stereocenters. The van der Waals surface area contributed by atoms with Gasteiger partial charge in [0.2, 0.25) is 0 Å².